The molecular formula is C46H50N8O6. The van der Waals surface area contributed by atoms with Gasteiger partial charge in [0.25, 0.3) is 0 Å². The van der Waals surface area contributed by atoms with E-state index in [1.165, 1.54) is 14.2 Å². The summed E-state index contributed by atoms with van der Waals surface area (Å²) in [7, 11) is 2.62. The van der Waals surface area contributed by atoms with Gasteiger partial charge >= 0.3 is 12.2 Å². The van der Waals surface area contributed by atoms with Crippen molar-refractivity contribution < 1.29 is 28.7 Å². The van der Waals surface area contributed by atoms with Gasteiger partial charge < -0.3 is 39.9 Å². The number of amides is 4. The van der Waals surface area contributed by atoms with Crippen LogP contribution in [0.4, 0.5) is 9.59 Å². The number of hydrogen-bond acceptors (Lipinski definition) is 8. The molecule has 310 valence electrons. The molecule has 6 aromatic rings. The van der Waals surface area contributed by atoms with E-state index in [4.69, 9.17) is 19.4 Å². The van der Waals surface area contributed by atoms with E-state index in [0.29, 0.717) is 18.4 Å². The highest BCUT2D eigenvalue weighted by Gasteiger charge is 2.59. The summed E-state index contributed by atoms with van der Waals surface area (Å²) in [6, 6.07) is 19.7. The summed E-state index contributed by atoms with van der Waals surface area (Å²) < 4.78 is 9.68. The Morgan fingerprint density at radius 1 is 0.800 bits per heavy atom. The number of carbonyl (C=O) groups is 4. The van der Waals surface area contributed by atoms with E-state index in [1.54, 1.807) is 0 Å². The molecule has 4 N–H and O–H groups in total. The first-order valence-corrected chi connectivity index (χ1v) is 21.2. The number of imidazole rings is 2. The first-order chi connectivity index (χ1) is 29.0. The van der Waals surface area contributed by atoms with Crippen LogP contribution in [0.5, 0.6) is 0 Å². The van der Waals surface area contributed by atoms with Gasteiger partial charge in [-0.1, -0.05) is 57.2 Å². The van der Waals surface area contributed by atoms with E-state index in [-0.39, 0.29) is 41.8 Å². The van der Waals surface area contributed by atoms with Crippen LogP contribution in [-0.2, 0) is 19.1 Å². The van der Waals surface area contributed by atoms with Gasteiger partial charge in [-0.2, -0.15) is 0 Å². The van der Waals surface area contributed by atoms with Gasteiger partial charge in [0.05, 0.1) is 48.4 Å². The minimum Gasteiger partial charge on any atom is -0.453 e. The first-order valence-electron chi connectivity index (χ1n) is 21.2. The number of nitrogens with one attached hydrogen (secondary N) is 4. The Balaban J connectivity index is 0.922. The first kappa shape index (κ1) is 38.0. The maximum Gasteiger partial charge on any atom is 0.407 e. The molecule has 60 heavy (non-hydrogen) atoms. The molecule has 4 fully saturated rings. The number of ether oxygens (including phenoxy) is 2. The quantitative estimate of drug-likeness (QED) is 0.128. The zero-order chi connectivity index (χ0) is 41.6. The van der Waals surface area contributed by atoms with Crippen LogP contribution in [-0.4, -0.2) is 92.6 Å². The van der Waals surface area contributed by atoms with Gasteiger partial charge in [0.15, 0.2) is 0 Å². The summed E-state index contributed by atoms with van der Waals surface area (Å²) in [6.07, 6.45) is 3.39. The van der Waals surface area contributed by atoms with Crippen molar-refractivity contribution in [1.82, 2.24) is 40.4 Å². The number of piperidine rings is 1. The lowest BCUT2D eigenvalue weighted by Crippen LogP contribution is -2.61. The predicted molar refractivity (Wildman–Crippen MR) is 227 cm³/mol. The SMILES string of the molecule is COC(=O)N[C@H](C(=O)N1CCC[C@H]1c1nc2c(ccc3cc(-c4ccc5c(ccc6[nH]c([C@@H]7C[C@@H]8CCC9C(C)[C@H](NC(=O)OC)C(=O)N7[C@@H]98)nc65)c4)ccc32)[nH]1)C(C)C. The molecule has 0 radical (unpaired) electrons. The Morgan fingerprint density at radius 3 is 2.02 bits per heavy atom. The number of alkyl carbamates (subject to hydrolysis) is 2. The number of hydrogen-bond donors (Lipinski definition) is 4. The maximum atomic E-state index is 14.1. The van der Waals surface area contributed by atoms with Crippen LogP contribution in [0.3, 0.4) is 0 Å². The molecule has 14 heteroatoms. The number of benzene rings is 4. The molecule has 3 aliphatic heterocycles. The molecule has 2 unspecified atom stereocenters. The fourth-order valence-electron chi connectivity index (χ4n) is 11.0. The molecule has 4 aromatic carbocycles. The van der Waals surface area contributed by atoms with Crippen molar-refractivity contribution in [1.29, 1.82) is 0 Å². The van der Waals surface area contributed by atoms with E-state index in [9.17, 15) is 19.2 Å². The van der Waals surface area contributed by atoms with Crippen molar-refractivity contribution in [2.45, 2.75) is 83.1 Å². The highest BCUT2D eigenvalue weighted by Crippen LogP contribution is 2.55. The lowest BCUT2D eigenvalue weighted by Gasteiger charge is -2.45. The average molecular weight is 811 g/mol. The van der Waals surface area contributed by atoms with Crippen LogP contribution in [0.15, 0.2) is 60.7 Å². The molecule has 1 aliphatic carbocycles. The number of fused-ring (bicyclic) bond motifs is 6. The Hall–Kier alpha value is -6.18. The third kappa shape index (κ3) is 6.04. The van der Waals surface area contributed by atoms with Crippen LogP contribution in [0.2, 0.25) is 0 Å². The number of aromatic nitrogens is 4. The second-order valence-corrected chi connectivity index (χ2v) is 17.5. The molecule has 8 atom stereocenters. The lowest BCUT2D eigenvalue weighted by molar-refractivity contribution is -0.145. The molecule has 4 aliphatic rings. The van der Waals surface area contributed by atoms with Gasteiger partial charge in [-0.25, -0.2) is 19.6 Å². The van der Waals surface area contributed by atoms with Crippen molar-refractivity contribution in [3.63, 3.8) is 0 Å². The van der Waals surface area contributed by atoms with Gasteiger partial charge in [0.1, 0.15) is 23.7 Å². The molecule has 3 saturated heterocycles. The Morgan fingerprint density at radius 2 is 1.42 bits per heavy atom. The molecule has 0 bridgehead atoms. The molecule has 4 amide bonds. The summed E-state index contributed by atoms with van der Waals surface area (Å²) in [5, 5.41) is 9.74. The summed E-state index contributed by atoms with van der Waals surface area (Å²) >= 11 is 0. The summed E-state index contributed by atoms with van der Waals surface area (Å²) in [5.74, 6) is 2.01. The van der Waals surface area contributed by atoms with E-state index >= 15 is 0 Å². The zero-order valence-electron chi connectivity index (χ0n) is 34.5. The molecule has 14 nitrogen and oxygen atoms in total. The van der Waals surface area contributed by atoms with Crippen molar-refractivity contribution >= 4 is 67.6 Å². The summed E-state index contributed by atoms with van der Waals surface area (Å²) in [6.45, 7) is 6.50. The van der Waals surface area contributed by atoms with Gasteiger partial charge in [-0.05, 0) is 102 Å². The number of nitrogens with zero attached hydrogens (tertiary/aromatic N) is 4. The average Bonchev–Trinajstić information content (AvgIpc) is 4.10. The van der Waals surface area contributed by atoms with Crippen molar-refractivity contribution in [3.05, 3.63) is 72.3 Å². The largest absolute Gasteiger partial charge is 0.453 e. The Kier molecular flexibility index (Phi) is 9.21. The van der Waals surface area contributed by atoms with Crippen LogP contribution in [0.1, 0.15) is 76.6 Å². The number of aromatic amines is 2. The minimum atomic E-state index is -0.696. The topological polar surface area (TPSA) is 175 Å². The van der Waals surface area contributed by atoms with Gasteiger partial charge in [0.2, 0.25) is 11.8 Å². The fourth-order valence-corrected chi connectivity index (χ4v) is 11.0. The van der Waals surface area contributed by atoms with E-state index in [2.05, 4.69) is 82.1 Å². The second kappa shape index (κ2) is 14.5. The Bertz CT molecular complexity index is 2720. The number of rotatable bonds is 7. The molecule has 0 spiro atoms. The van der Waals surface area contributed by atoms with Crippen LogP contribution < -0.4 is 10.6 Å². The van der Waals surface area contributed by atoms with E-state index < -0.39 is 24.3 Å². The van der Waals surface area contributed by atoms with Gasteiger partial charge in [-0.15, -0.1) is 0 Å². The molecule has 5 heterocycles. The van der Waals surface area contributed by atoms with Crippen molar-refractivity contribution in [3.8, 4) is 11.1 Å². The normalized spacial score (nSPS) is 25.4. The van der Waals surface area contributed by atoms with Crippen molar-refractivity contribution in [2.75, 3.05) is 20.8 Å². The number of methoxy groups -OCH3 is 2. The molecule has 10 rings (SSSR count). The highest BCUT2D eigenvalue weighted by molar-refractivity contribution is 6.07. The minimum absolute atomic E-state index is 0.0339. The van der Waals surface area contributed by atoms with E-state index in [1.807, 2.05) is 29.7 Å². The smallest absolute Gasteiger partial charge is 0.407 e. The van der Waals surface area contributed by atoms with Crippen molar-refractivity contribution in [2.24, 2.45) is 23.7 Å². The third-order valence-electron chi connectivity index (χ3n) is 14.0. The standard InChI is InChI=1S/C46H50N8O6/c1-22(2)36(51-45(57)59-4)43(55)53-18-6-7-34(53)41-47-32-16-11-26-19-24(8-14-30(26)38(32)49-41)25-9-15-31-27(20-25)12-17-33-39(31)50-42(48-33)35-21-28-10-13-29-23(3)37(52-46(58)60-5)44(56)54(35)40(28)29/h8-9,11-12,14-17,19-20,22-23,28-29,34-37,40H,6-7,10,13,18,21H2,1-5H3,(H,47,49)(H,48,50)(H,51,57)(H,52,58)/t23?,28-,29?,34-,35-,36-,37-,40+/m0/s1. The number of likely N-dealkylation sites (tertiary alicyclic amines) is 1. The lowest BCUT2D eigenvalue weighted by atomic mass is 9.78. The Labute approximate surface area is 346 Å². The van der Waals surface area contributed by atoms with E-state index in [0.717, 1.165) is 98.5 Å². The molecule has 1 saturated carbocycles. The maximum absolute atomic E-state index is 14.1. The monoisotopic (exact) mass is 810 g/mol. The highest BCUT2D eigenvalue weighted by atomic mass is 16.5. The second-order valence-electron chi connectivity index (χ2n) is 17.5. The predicted octanol–water partition coefficient (Wildman–Crippen LogP) is 7.50. The van der Waals surface area contributed by atoms with Gasteiger partial charge in [-0.3, -0.25) is 9.59 Å². The summed E-state index contributed by atoms with van der Waals surface area (Å²) in [5.41, 5.74) is 5.72. The van der Waals surface area contributed by atoms with Gasteiger partial charge in [0, 0.05) is 23.4 Å². The number of carbonyl (C=O) groups excluding carboxylic acids is 4. The van der Waals surface area contributed by atoms with Crippen LogP contribution in [0.25, 0.3) is 54.7 Å². The molecular weight excluding hydrogens is 761 g/mol. The van der Waals surface area contributed by atoms with Crippen LogP contribution >= 0.6 is 0 Å². The molecule has 2 aromatic heterocycles. The third-order valence-corrected chi connectivity index (χ3v) is 14.0. The number of H-pyrrole nitrogens is 2. The van der Waals surface area contributed by atoms with Crippen LogP contribution in [0, 0.1) is 23.7 Å². The zero-order valence-corrected chi connectivity index (χ0v) is 34.5. The fraction of sp³-hybridized carbons (Fsp3) is 0.435. The summed E-state index contributed by atoms with van der Waals surface area (Å²) in [4.78, 5) is 73.3.